The van der Waals surface area contributed by atoms with Crippen LogP contribution in [0.3, 0.4) is 0 Å². The minimum atomic E-state index is 0.325. The second kappa shape index (κ2) is 3.20. The molecule has 0 N–H and O–H groups in total. The summed E-state index contributed by atoms with van der Waals surface area (Å²) in [5, 5.41) is 0. The van der Waals surface area contributed by atoms with Crippen molar-refractivity contribution in [2.75, 3.05) is 6.54 Å². The predicted molar refractivity (Wildman–Crippen MR) is 69.4 cm³/mol. The Morgan fingerprint density at radius 1 is 1.29 bits per heavy atom. The summed E-state index contributed by atoms with van der Waals surface area (Å²) in [4.78, 5) is 7.68. The van der Waals surface area contributed by atoms with Gasteiger partial charge in [-0.1, -0.05) is 30.3 Å². The first-order chi connectivity index (χ1) is 8.31. The second-order valence-electron chi connectivity index (χ2n) is 5.63. The Morgan fingerprint density at radius 3 is 2.65 bits per heavy atom. The fourth-order valence-corrected chi connectivity index (χ4v) is 3.46. The van der Waals surface area contributed by atoms with Crippen LogP contribution in [0.5, 0.6) is 0 Å². The average molecular weight is 226 g/mol. The molecular formula is C15H18N2. The molecule has 1 aromatic carbocycles. The molecule has 2 saturated heterocycles. The van der Waals surface area contributed by atoms with Gasteiger partial charge in [-0.2, -0.15) is 0 Å². The van der Waals surface area contributed by atoms with Gasteiger partial charge in [0.05, 0.1) is 23.3 Å². The molecule has 0 amide bonds. The van der Waals surface area contributed by atoms with E-state index in [1.54, 1.807) is 0 Å². The van der Waals surface area contributed by atoms with Gasteiger partial charge in [0.1, 0.15) is 0 Å². The lowest BCUT2D eigenvalue weighted by Gasteiger charge is -2.59. The standard InChI is InChI=1S/C15H18N2/c1-11(12-5-3-2-4-6-12)16-14-13-7-10-17(13)15(14)8-9-15/h2-6,11,13H,7-10H2,1H3. The van der Waals surface area contributed by atoms with Crippen molar-refractivity contribution in [1.29, 1.82) is 0 Å². The Bertz CT molecular complexity index is 473. The molecule has 2 unspecified atom stereocenters. The SMILES string of the molecule is CC(N=C1C2CCN2C12CC2)c1ccccc1. The third-order valence-corrected chi connectivity index (χ3v) is 4.70. The summed E-state index contributed by atoms with van der Waals surface area (Å²) in [6.45, 7) is 3.53. The third kappa shape index (κ3) is 1.22. The number of piperidine rings is 1. The average Bonchev–Trinajstić information content (AvgIpc) is 3.10. The number of rotatable bonds is 2. The number of nitrogens with zero attached hydrogens (tertiary/aromatic N) is 2. The fraction of sp³-hybridized carbons (Fsp3) is 0.533. The topological polar surface area (TPSA) is 15.6 Å². The van der Waals surface area contributed by atoms with Crippen LogP contribution in [0.25, 0.3) is 0 Å². The molecule has 4 rings (SSSR count). The van der Waals surface area contributed by atoms with Crippen LogP contribution in [0.2, 0.25) is 0 Å². The van der Waals surface area contributed by atoms with Crippen molar-refractivity contribution in [3.8, 4) is 0 Å². The van der Waals surface area contributed by atoms with Gasteiger partial charge < -0.3 is 0 Å². The molecule has 0 aromatic heterocycles. The molecule has 2 aliphatic heterocycles. The summed E-state index contributed by atoms with van der Waals surface area (Å²) in [6.07, 6.45) is 4.04. The summed E-state index contributed by atoms with van der Waals surface area (Å²) < 4.78 is 0. The first-order valence-electron chi connectivity index (χ1n) is 6.71. The van der Waals surface area contributed by atoms with E-state index in [1.165, 1.54) is 37.1 Å². The zero-order chi connectivity index (χ0) is 11.5. The summed E-state index contributed by atoms with van der Waals surface area (Å²) in [5.41, 5.74) is 3.31. The smallest absolute Gasteiger partial charge is 0.0721 e. The molecule has 3 fully saturated rings. The molecular weight excluding hydrogens is 208 g/mol. The fourth-order valence-electron chi connectivity index (χ4n) is 3.46. The van der Waals surface area contributed by atoms with Gasteiger partial charge in [-0.25, -0.2) is 0 Å². The van der Waals surface area contributed by atoms with Crippen LogP contribution in [0.4, 0.5) is 0 Å². The van der Waals surface area contributed by atoms with Crippen molar-refractivity contribution < 1.29 is 0 Å². The lowest BCUT2D eigenvalue weighted by molar-refractivity contribution is 0.0414. The first kappa shape index (κ1) is 9.84. The molecule has 88 valence electrons. The summed E-state index contributed by atoms with van der Waals surface area (Å²) in [7, 11) is 0. The van der Waals surface area contributed by atoms with E-state index in [-0.39, 0.29) is 0 Å². The van der Waals surface area contributed by atoms with Crippen LogP contribution in [0.1, 0.15) is 37.8 Å². The van der Waals surface area contributed by atoms with Crippen molar-refractivity contribution >= 4 is 5.71 Å². The highest BCUT2D eigenvalue weighted by atomic mass is 15.4. The van der Waals surface area contributed by atoms with Gasteiger partial charge in [0.15, 0.2) is 0 Å². The number of hydrogen-bond donors (Lipinski definition) is 0. The highest BCUT2D eigenvalue weighted by Gasteiger charge is 2.68. The minimum absolute atomic E-state index is 0.325. The largest absolute Gasteiger partial charge is 0.284 e. The zero-order valence-electron chi connectivity index (χ0n) is 10.3. The number of aliphatic imine (C=N–C) groups is 1. The van der Waals surface area contributed by atoms with E-state index in [9.17, 15) is 0 Å². The Labute approximate surface area is 102 Å². The monoisotopic (exact) mass is 226 g/mol. The first-order valence-corrected chi connectivity index (χ1v) is 6.71. The van der Waals surface area contributed by atoms with Gasteiger partial charge in [0.2, 0.25) is 0 Å². The maximum Gasteiger partial charge on any atom is 0.0721 e. The molecule has 2 nitrogen and oxygen atoms in total. The normalized spacial score (nSPS) is 32.8. The van der Waals surface area contributed by atoms with E-state index in [4.69, 9.17) is 4.99 Å². The Balaban J connectivity index is 1.61. The summed E-state index contributed by atoms with van der Waals surface area (Å²) >= 11 is 0. The molecule has 2 heterocycles. The molecule has 1 aliphatic carbocycles. The van der Waals surface area contributed by atoms with Crippen LogP contribution >= 0.6 is 0 Å². The van der Waals surface area contributed by atoms with Crippen LogP contribution in [0, 0.1) is 0 Å². The van der Waals surface area contributed by atoms with Gasteiger partial charge in [-0.15, -0.1) is 0 Å². The van der Waals surface area contributed by atoms with Gasteiger partial charge >= 0.3 is 0 Å². The Morgan fingerprint density at radius 2 is 2.06 bits per heavy atom. The van der Waals surface area contributed by atoms with Crippen molar-refractivity contribution in [2.45, 2.75) is 43.8 Å². The van der Waals surface area contributed by atoms with Gasteiger partial charge in [0.25, 0.3) is 0 Å². The van der Waals surface area contributed by atoms with Crippen molar-refractivity contribution in [3.05, 3.63) is 35.9 Å². The maximum absolute atomic E-state index is 5.03. The zero-order valence-corrected chi connectivity index (χ0v) is 10.3. The molecule has 0 bridgehead atoms. The van der Waals surface area contributed by atoms with Crippen LogP contribution in [0.15, 0.2) is 35.3 Å². The van der Waals surface area contributed by atoms with Crippen molar-refractivity contribution in [2.24, 2.45) is 4.99 Å². The number of fused-ring (bicyclic) bond motifs is 2. The Hall–Kier alpha value is -1.15. The van der Waals surface area contributed by atoms with E-state index in [0.717, 1.165) is 0 Å². The van der Waals surface area contributed by atoms with Crippen LogP contribution in [-0.2, 0) is 0 Å². The van der Waals surface area contributed by atoms with E-state index in [2.05, 4.69) is 42.2 Å². The molecule has 17 heavy (non-hydrogen) atoms. The molecule has 2 heteroatoms. The minimum Gasteiger partial charge on any atom is -0.284 e. The molecule has 1 aromatic rings. The van der Waals surface area contributed by atoms with Gasteiger partial charge in [0, 0.05) is 6.54 Å². The van der Waals surface area contributed by atoms with E-state index < -0.39 is 0 Å². The maximum atomic E-state index is 5.03. The summed E-state index contributed by atoms with van der Waals surface area (Å²) in [5.74, 6) is 0. The van der Waals surface area contributed by atoms with Crippen LogP contribution in [-0.4, -0.2) is 28.7 Å². The van der Waals surface area contributed by atoms with E-state index >= 15 is 0 Å². The predicted octanol–water partition coefficient (Wildman–Crippen LogP) is 2.81. The molecule has 3 aliphatic rings. The molecule has 1 spiro atoms. The quantitative estimate of drug-likeness (QED) is 0.757. The number of benzene rings is 1. The van der Waals surface area contributed by atoms with Crippen molar-refractivity contribution in [3.63, 3.8) is 0 Å². The van der Waals surface area contributed by atoms with E-state index in [1.807, 2.05) is 0 Å². The van der Waals surface area contributed by atoms with E-state index in [0.29, 0.717) is 17.6 Å². The number of hydrogen-bond acceptors (Lipinski definition) is 2. The highest BCUT2D eigenvalue weighted by molar-refractivity contribution is 6.07. The Kier molecular flexibility index (Phi) is 1.85. The molecule has 2 atom stereocenters. The van der Waals surface area contributed by atoms with Gasteiger partial charge in [-0.05, 0) is 31.7 Å². The van der Waals surface area contributed by atoms with Crippen LogP contribution < -0.4 is 0 Å². The highest BCUT2D eigenvalue weighted by Crippen LogP contribution is 2.57. The third-order valence-electron chi connectivity index (χ3n) is 4.70. The second-order valence-corrected chi connectivity index (χ2v) is 5.63. The lowest BCUT2D eigenvalue weighted by Crippen LogP contribution is -2.74. The summed E-state index contributed by atoms with van der Waals surface area (Å²) in [6, 6.07) is 11.7. The van der Waals surface area contributed by atoms with Gasteiger partial charge in [-0.3, -0.25) is 9.89 Å². The molecule has 0 radical (unpaired) electrons. The molecule has 1 saturated carbocycles. The lowest BCUT2D eigenvalue weighted by atomic mass is 9.78. The van der Waals surface area contributed by atoms with Crippen molar-refractivity contribution in [1.82, 2.24) is 4.90 Å².